The topological polar surface area (TPSA) is 87.7 Å². The highest BCUT2D eigenvalue weighted by atomic mass is 32.1. The van der Waals surface area contributed by atoms with Crippen LogP contribution in [-0.2, 0) is 11.2 Å². The molecule has 0 aliphatic heterocycles. The number of carbonyl (C=O) groups is 1. The van der Waals surface area contributed by atoms with E-state index in [0.717, 1.165) is 52.8 Å². The second kappa shape index (κ2) is 6.37. The lowest BCUT2D eigenvalue weighted by atomic mass is 9.78. The van der Waals surface area contributed by atoms with Gasteiger partial charge in [0.15, 0.2) is 0 Å². The summed E-state index contributed by atoms with van der Waals surface area (Å²) in [6, 6.07) is 1.79. The van der Waals surface area contributed by atoms with Crippen LogP contribution in [0.25, 0.3) is 0 Å². The van der Waals surface area contributed by atoms with Gasteiger partial charge in [0.2, 0.25) is 5.91 Å². The first-order chi connectivity index (χ1) is 12.0. The molecule has 2 heterocycles. The molecule has 2 aliphatic rings. The van der Waals surface area contributed by atoms with Gasteiger partial charge in [-0.05, 0) is 39.5 Å². The Morgan fingerprint density at radius 2 is 2.04 bits per heavy atom. The minimum atomic E-state index is -0.0598. The van der Waals surface area contributed by atoms with Crippen molar-refractivity contribution < 1.29 is 4.79 Å². The SMILES string of the molecule is Cc1nc(C)c(CC(=O)N[C@H]2C[C@@H](c3cc(=O)[nH]c(C4CC4)n3)C2)s1. The van der Waals surface area contributed by atoms with E-state index in [4.69, 9.17) is 0 Å². The molecule has 2 N–H and O–H groups in total. The van der Waals surface area contributed by atoms with Crippen LogP contribution in [0.4, 0.5) is 0 Å². The van der Waals surface area contributed by atoms with Gasteiger partial charge in [0.05, 0.1) is 22.8 Å². The largest absolute Gasteiger partial charge is 0.353 e. The zero-order chi connectivity index (χ0) is 17.6. The van der Waals surface area contributed by atoms with Crippen molar-refractivity contribution in [3.8, 4) is 0 Å². The van der Waals surface area contributed by atoms with Crippen LogP contribution in [0.5, 0.6) is 0 Å². The van der Waals surface area contributed by atoms with E-state index in [-0.39, 0.29) is 23.4 Å². The molecule has 0 bridgehead atoms. The van der Waals surface area contributed by atoms with Crippen LogP contribution < -0.4 is 10.9 Å². The average molecular weight is 358 g/mol. The van der Waals surface area contributed by atoms with Crippen LogP contribution in [0.1, 0.15) is 64.6 Å². The molecule has 0 atom stereocenters. The predicted molar refractivity (Wildman–Crippen MR) is 96.0 cm³/mol. The van der Waals surface area contributed by atoms with Crippen LogP contribution in [-0.4, -0.2) is 26.9 Å². The number of aryl methyl sites for hydroxylation is 2. The van der Waals surface area contributed by atoms with E-state index in [0.29, 0.717) is 12.3 Å². The Morgan fingerprint density at radius 3 is 2.68 bits per heavy atom. The summed E-state index contributed by atoms with van der Waals surface area (Å²) in [5.41, 5.74) is 1.77. The normalized spacial score (nSPS) is 22.5. The number of hydrogen-bond acceptors (Lipinski definition) is 5. The summed E-state index contributed by atoms with van der Waals surface area (Å²) in [7, 11) is 0. The van der Waals surface area contributed by atoms with E-state index < -0.39 is 0 Å². The Morgan fingerprint density at radius 1 is 1.28 bits per heavy atom. The van der Waals surface area contributed by atoms with Gasteiger partial charge < -0.3 is 10.3 Å². The summed E-state index contributed by atoms with van der Waals surface area (Å²) in [5.74, 6) is 1.60. The van der Waals surface area contributed by atoms with Gasteiger partial charge in [0.25, 0.3) is 5.56 Å². The van der Waals surface area contributed by atoms with Crippen molar-refractivity contribution in [2.24, 2.45) is 0 Å². The lowest BCUT2D eigenvalue weighted by Gasteiger charge is -2.35. The van der Waals surface area contributed by atoms with Gasteiger partial charge in [-0.2, -0.15) is 0 Å². The minimum absolute atomic E-state index is 0.0488. The maximum atomic E-state index is 12.2. The predicted octanol–water partition coefficient (Wildman–Crippen LogP) is 2.33. The molecule has 0 unspecified atom stereocenters. The summed E-state index contributed by atoms with van der Waals surface area (Å²) in [6.45, 7) is 3.90. The number of hydrogen-bond donors (Lipinski definition) is 2. The molecule has 25 heavy (non-hydrogen) atoms. The van der Waals surface area contributed by atoms with E-state index in [1.165, 1.54) is 0 Å². The molecule has 6 nitrogen and oxygen atoms in total. The highest BCUT2D eigenvalue weighted by molar-refractivity contribution is 7.11. The lowest BCUT2D eigenvalue weighted by Crippen LogP contribution is -2.44. The second-order valence-electron chi connectivity index (χ2n) is 7.18. The van der Waals surface area contributed by atoms with E-state index in [9.17, 15) is 9.59 Å². The molecule has 2 aliphatic carbocycles. The fourth-order valence-corrected chi connectivity index (χ4v) is 4.33. The van der Waals surface area contributed by atoms with Gasteiger partial charge in [-0.1, -0.05) is 0 Å². The van der Waals surface area contributed by atoms with E-state index >= 15 is 0 Å². The number of rotatable bonds is 5. The first-order valence-corrected chi connectivity index (χ1v) is 9.63. The molecule has 0 spiro atoms. The summed E-state index contributed by atoms with van der Waals surface area (Å²) < 4.78 is 0. The maximum Gasteiger partial charge on any atom is 0.251 e. The Bertz CT molecular complexity index is 862. The number of aromatic nitrogens is 3. The highest BCUT2D eigenvalue weighted by Gasteiger charge is 2.34. The Labute approximate surface area is 150 Å². The molecular formula is C18H22N4O2S. The molecule has 2 saturated carbocycles. The van der Waals surface area contributed by atoms with Crippen LogP contribution in [0.15, 0.2) is 10.9 Å². The molecule has 4 rings (SSSR count). The summed E-state index contributed by atoms with van der Waals surface area (Å²) >= 11 is 1.58. The number of carbonyl (C=O) groups excluding carboxylic acids is 1. The average Bonchev–Trinajstić information content (AvgIpc) is 3.29. The lowest BCUT2D eigenvalue weighted by molar-refractivity contribution is -0.121. The first kappa shape index (κ1) is 16.4. The van der Waals surface area contributed by atoms with Crippen molar-refractivity contribution in [3.63, 3.8) is 0 Å². The minimum Gasteiger partial charge on any atom is -0.353 e. The number of nitrogens with zero attached hydrogens (tertiary/aromatic N) is 2. The van der Waals surface area contributed by atoms with E-state index in [1.54, 1.807) is 17.4 Å². The third-order valence-electron chi connectivity index (χ3n) is 4.99. The second-order valence-corrected chi connectivity index (χ2v) is 8.47. The number of thiazole rings is 1. The number of nitrogens with one attached hydrogen (secondary N) is 2. The van der Waals surface area contributed by atoms with Crippen LogP contribution in [0, 0.1) is 13.8 Å². The van der Waals surface area contributed by atoms with Crippen molar-refractivity contribution in [3.05, 3.63) is 43.5 Å². The van der Waals surface area contributed by atoms with Gasteiger partial charge in [-0.25, -0.2) is 9.97 Å². The molecule has 7 heteroatoms. The molecule has 0 radical (unpaired) electrons. The molecule has 2 aromatic heterocycles. The molecule has 2 aromatic rings. The summed E-state index contributed by atoms with van der Waals surface area (Å²) in [5, 5.41) is 4.09. The van der Waals surface area contributed by atoms with Gasteiger partial charge in [0.1, 0.15) is 5.82 Å². The van der Waals surface area contributed by atoms with Crippen molar-refractivity contribution in [1.82, 2.24) is 20.3 Å². The zero-order valence-electron chi connectivity index (χ0n) is 14.5. The third-order valence-corrected chi connectivity index (χ3v) is 6.06. The Hall–Kier alpha value is -2.02. The van der Waals surface area contributed by atoms with Crippen LogP contribution in [0.3, 0.4) is 0 Å². The fourth-order valence-electron chi connectivity index (χ4n) is 3.39. The highest BCUT2D eigenvalue weighted by Crippen LogP contribution is 2.40. The third kappa shape index (κ3) is 3.66. The van der Waals surface area contributed by atoms with Gasteiger partial charge in [0, 0.05) is 28.8 Å². The smallest absolute Gasteiger partial charge is 0.251 e. The number of H-pyrrole nitrogens is 1. The van der Waals surface area contributed by atoms with Gasteiger partial charge >= 0.3 is 0 Å². The summed E-state index contributed by atoms with van der Waals surface area (Å²) in [4.78, 5) is 36.9. The van der Waals surface area contributed by atoms with Crippen molar-refractivity contribution in [2.75, 3.05) is 0 Å². The fraction of sp³-hybridized carbons (Fsp3) is 0.556. The molecule has 132 valence electrons. The monoisotopic (exact) mass is 358 g/mol. The number of amides is 1. The number of aromatic amines is 1. The van der Waals surface area contributed by atoms with Crippen molar-refractivity contribution >= 4 is 17.2 Å². The molecule has 0 saturated heterocycles. The van der Waals surface area contributed by atoms with Gasteiger partial charge in [-0.3, -0.25) is 9.59 Å². The molecule has 2 fully saturated rings. The molecule has 1 amide bonds. The maximum absolute atomic E-state index is 12.2. The standard InChI is InChI=1S/C18H22N4O2S/c1-9-15(25-10(2)19-9)8-17(24)20-13-5-12(6-13)14-7-16(23)22-18(21-14)11-3-4-11/h7,11-13H,3-6,8H2,1-2H3,(H,20,24)(H,21,22,23)/t12-,13+. The van der Waals surface area contributed by atoms with Crippen molar-refractivity contribution in [1.29, 1.82) is 0 Å². The summed E-state index contributed by atoms with van der Waals surface area (Å²) in [6.07, 6.45) is 4.34. The van der Waals surface area contributed by atoms with Gasteiger partial charge in [-0.15, -0.1) is 11.3 Å². The quantitative estimate of drug-likeness (QED) is 0.859. The van der Waals surface area contributed by atoms with E-state index in [1.807, 2.05) is 13.8 Å². The molecule has 0 aromatic carbocycles. The first-order valence-electron chi connectivity index (χ1n) is 8.81. The molecular weight excluding hydrogens is 336 g/mol. The zero-order valence-corrected chi connectivity index (χ0v) is 15.3. The van der Waals surface area contributed by atoms with Crippen LogP contribution in [0.2, 0.25) is 0 Å². The van der Waals surface area contributed by atoms with Crippen LogP contribution >= 0.6 is 11.3 Å². The van der Waals surface area contributed by atoms with Crippen molar-refractivity contribution in [2.45, 2.75) is 63.8 Å². The van der Waals surface area contributed by atoms with E-state index in [2.05, 4.69) is 20.3 Å². The Balaban J connectivity index is 1.32. The Kier molecular flexibility index (Phi) is 4.19.